The molecule has 0 aliphatic heterocycles. The molecule has 8 nitrogen and oxygen atoms in total. The average molecular weight is 374 g/mol. The Morgan fingerprint density at radius 2 is 1.82 bits per heavy atom. The molecule has 0 fully saturated rings. The fourth-order valence-corrected chi connectivity index (χ4v) is 3.67. The van der Waals surface area contributed by atoms with Gasteiger partial charge < -0.3 is 4.74 Å². The Hall–Kier alpha value is -3.81. The van der Waals surface area contributed by atoms with E-state index in [1.54, 1.807) is 17.4 Å². The molecule has 0 bridgehead atoms. The number of para-hydroxylation sites is 2. The molecule has 0 unspecified atom stereocenters. The van der Waals surface area contributed by atoms with Gasteiger partial charge in [0.15, 0.2) is 11.2 Å². The molecule has 0 aliphatic carbocycles. The van der Waals surface area contributed by atoms with Crippen molar-refractivity contribution in [3.8, 4) is 0 Å². The van der Waals surface area contributed by atoms with Crippen LogP contribution in [-0.2, 0) is 16.1 Å². The second-order valence-electron chi connectivity index (χ2n) is 6.40. The van der Waals surface area contributed by atoms with Crippen molar-refractivity contribution in [2.24, 2.45) is 0 Å². The summed E-state index contributed by atoms with van der Waals surface area (Å²) >= 11 is 0. The van der Waals surface area contributed by atoms with Crippen LogP contribution in [0.15, 0.2) is 52.1 Å². The van der Waals surface area contributed by atoms with Gasteiger partial charge in [0.2, 0.25) is 0 Å². The lowest BCUT2D eigenvalue weighted by Gasteiger charge is -2.08. The molecule has 5 aromatic rings. The molecular weight excluding hydrogens is 360 g/mol. The number of carbonyl (C=O) groups is 1. The van der Waals surface area contributed by atoms with Gasteiger partial charge in [0.1, 0.15) is 6.54 Å². The topological polar surface area (TPSA) is 95.6 Å². The monoisotopic (exact) mass is 374 g/mol. The van der Waals surface area contributed by atoms with E-state index >= 15 is 0 Å². The summed E-state index contributed by atoms with van der Waals surface area (Å²) in [5, 5.41) is 1.94. The van der Waals surface area contributed by atoms with E-state index in [2.05, 4.69) is 9.97 Å². The number of esters is 1. The number of benzene rings is 2. The Morgan fingerprint density at radius 3 is 2.64 bits per heavy atom. The highest BCUT2D eigenvalue weighted by Gasteiger charge is 2.20. The largest absolute Gasteiger partial charge is 0.465 e. The first kappa shape index (κ1) is 16.4. The standard InChI is InChI=1S/C20H14N4O4/c1-2-28-15(25)10-23-19(26)16-18(22-20(23)27)24-14-9-4-3-6-11(14)12-7-5-8-13(21-16)17(12)24/h3-9H,2,10H2,1H3. The number of hydrogen-bond donors (Lipinski definition) is 0. The first-order chi connectivity index (χ1) is 13.6. The number of hydrogen-bond acceptors (Lipinski definition) is 6. The zero-order valence-electron chi connectivity index (χ0n) is 14.9. The summed E-state index contributed by atoms with van der Waals surface area (Å²) < 4.78 is 7.40. The Labute approximate surface area is 157 Å². The molecule has 0 amide bonds. The first-order valence-corrected chi connectivity index (χ1v) is 8.82. The fraction of sp³-hybridized carbons (Fsp3) is 0.150. The summed E-state index contributed by atoms with van der Waals surface area (Å²) in [4.78, 5) is 45.9. The highest BCUT2D eigenvalue weighted by Crippen LogP contribution is 2.32. The van der Waals surface area contributed by atoms with E-state index in [4.69, 9.17) is 4.74 Å². The van der Waals surface area contributed by atoms with Crippen LogP contribution in [0.2, 0.25) is 0 Å². The van der Waals surface area contributed by atoms with E-state index in [1.807, 2.05) is 36.4 Å². The van der Waals surface area contributed by atoms with Crippen LogP contribution in [0, 0.1) is 0 Å². The highest BCUT2D eigenvalue weighted by atomic mass is 16.5. The minimum atomic E-state index is -0.808. The fourth-order valence-electron chi connectivity index (χ4n) is 3.67. The number of carbonyl (C=O) groups excluding carboxylic acids is 1. The van der Waals surface area contributed by atoms with E-state index in [-0.39, 0.29) is 17.8 Å². The van der Waals surface area contributed by atoms with Crippen molar-refractivity contribution in [1.29, 1.82) is 0 Å². The molecule has 3 aromatic heterocycles. The highest BCUT2D eigenvalue weighted by molar-refractivity contribution is 6.15. The molecule has 2 aromatic carbocycles. The molecule has 138 valence electrons. The number of rotatable bonds is 3. The number of nitrogens with zero attached hydrogens (tertiary/aromatic N) is 4. The maximum absolute atomic E-state index is 13.0. The van der Waals surface area contributed by atoms with Crippen molar-refractivity contribution in [1.82, 2.24) is 18.9 Å². The van der Waals surface area contributed by atoms with Crippen LogP contribution in [0.5, 0.6) is 0 Å². The molecule has 0 atom stereocenters. The van der Waals surface area contributed by atoms with Crippen LogP contribution in [0.3, 0.4) is 0 Å². The molecule has 5 rings (SSSR count). The van der Waals surface area contributed by atoms with Crippen molar-refractivity contribution in [3.63, 3.8) is 0 Å². The van der Waals surface area contributed by atoms with Gasteiger partial charge in [-0.05, 0) is 19.1 Å². The number of fused-ring (bicyclic) bond motifs is 5. The molecule has 28 heavy (non-hydrogen) atoms. The number of ether oxygens (including phenoxy) is 1. The van der Waals surface area contributed by atoms with Gasteiger partial charge in [-0.25, -0.2) is 14.3 Å². The van der Waals surface area contributed by atoms with Gasteiger partial charge in [0, 0.05) is 10.8 Å². The minimum Gasteiger partial charge on any atom is -0.465 e. The summed E-state index contributed by atoms with van der Waals surface area (Å²) in [5.41, 5.74) is 0.980. The predicted molar refractivity (Wildman–Crippen MR) is 104 cm³/mol. The second kappa shape index (κ2) is 5.85. The smallest absolute Gasteiger partial charge is 0.353 e. The Bertz CT molecular complexity index is 1520. The Balaban J connectivity index is 1.95. The quantitative estimate of drug-likeness (QED) is 0.352. The maximum Gasteiger partial charge on any atom is 0.353 e. The lowest BCUT2D eigenvalue weighted by Crippen LogP contribution is -2.38. The summed E-state index contributed by atoms with van der Waals surface area (Å²) in [6.45, 7) is 1.31. The lowest BCUT2D eigenvalue weighted by atomic mass is 10.1. The van der Waals surface area contributed by atoms with Crippen molar-refractivity contribution < 1.29 is 9.53 Å². The zero-order valence-corrected chi connectivity index (χ0v) is 14.9. The lowest BCUT2D eigenvalue weighted by molar-refractivity contribution is -0.143. The Kier molecular flexibility index (Phi) is 3.42. The van der Waals surface area contributed by atoms with Gasteiger partial charge in [-0.1, -0.05) is 30.3 Å². The summed E-state index contributed by atoms with van der Waals surface area (Å²) in [6, 6.07) is 13.3. The SMILES string of the molecule is CCOC(=O)Cn1c(=O)nc2c(nc3cccc4c5ccccc5n2c34)c1=O. The third-order valence-corrected chi connectivity index (χ3v) is 4.80. The van der Waals surface area contributed by atoms with E-state index in [0.29, 0.717) is 5.52 Å². The average Bonchev–Trinajstić information content (AvgIpc) is 3.03. The third-order valence-electron chi connectivity index (χ3n) is 4.80. The summed E-state index contributed by atoms with van der Waals surface area (Å²) in [7, 11) is 0. The molecule has 8 heteroatoms. The van der Waals surface area contributed by atoms with Crippen molar-refractivity contribution in [3.05, 3.63) is 63.3 Å². The molecule has 0 saturated carbocycles. The number of aromatic nitrogens is 4. The van der Waals surface area contributed by atoms with Crippen LogP contribution in [0.25, 0.3) is 38.5 Å². The van der Waals surface area contributed by atoms with Crippen molar-refractivity contribution in [2.75, 3.05) is 6.61 Å². The van der Waals surface area contributed by atoms with Gasteiger partial charge in [-0.2, -0.15) is 4.98 Å². The van der Waals surface area contributed by atoms with E-state index in [1.165, 1.54) is 0 Å². The normalized spacial score (nSPS) is 11.8. The van der Waals surface area contributed by atoms with E-state index < -0.39 is 23.8 Å². The molecule has 0 N–H and O–H groups in total. The Morgan fingerprint density at radius 1 is 1.04 bits per heavy atom. The first-order valence-electron chi connectivity index (χ1n) is 8.82. The third kappa shape index (κ3) is 2.14. The summed E-state index contributed by atoms with van der Waals surface area (Å²) in [5.74, 6) is -0.673. The molecule has 0 spiro atoms. The van der Waals surface area contributed by atoms with Crippen molar-refractivity contribution in [2.45, 2.75) is 13.5 Å². The molecule has 0 saturated heterocycles. The van der Waals surface area contributed by atoms with Crippen LogP contribution in [0.1, 0.15) is 6.92 Å². The van der Waals surface area contributed by atoms with Gasteiger partial charge in [-0.15, -0.1) is 0 Å². The van der Waals surface area contributed by atoms with Gasteiger partial charge in [0.05, 0.1) is 23.2 Å². The molecule has 3 heterocycles. The van der Waals surface area contributed by atoms with E-state index in [0.717, 1.165) is 26.4 Å². The van der Waals surface area contributed by atoms with Gasteiger partial charge in [-0.3, -0.25) is 14.0 Å². The molecule has 0 radical (unpaired) electrons. The van der Waals surface area contributed by atoms with Crippen LogP contribution in [0.4, 0.5) is 0 Å². The van der Waals surface area contributed by atoms with E-state index in [9.17, 15) is 14.4 Å². The van der Waals surface area contributed by atoms with Crippen LogP contribution < -0.4 is 11.2 Å². The molecule has 0 aliphatic rings. The van der Waals surface area contributed by atoms with Gasteiger partial charge in [0.25, 0.3) is 5.56 Å². The van der Waals surface area contributed by atoms with Crippen molar-refractivity contribution >= 4 is 44.5 Å². The second-order valence-corrected chi connectivity index (χ2v) is 6.40. The van der Waals surface area contributed by atoms with Crippen LogP contribution in [-0.4, -0.2) is 31.5 Å². The summed E-state index contributed by atoms with van der Waals surface area (Å²) in [6.07, 6.45) is 0. The maximum atomic E-state index is 13.0. The zero-order chi connectivity index (χ0) is 19.4. The van der Waals surface area contributed by atoms with Crippen LogP contribution >= 0.6 is 0 Å². The minimum absolute atomic E-state index is 0.0326. The molecular formula is C20H14N4O4. The predicted octanol–water partition coefficient (Wildman–Crippen LogP) is 1.71. The van der Waals surface area contributed by atoms with Gasteiger partial charge >= 0.3 is 11.7 Å².